The van der Waals surface area contributed by atoms with E-state index >= 15 is 0 Å². The summed E-state index contributed by atoms with van der Waals surface area (Å²) in [5, 5.41) is 9.02. The van der Waals surface area contributed by atoms with E-state index in [9.17, 15) is 9.59 Å². The van der Waals surface area contributed by atoms with E-state index in [-0.39, 0.29) is 18.4 Å². The van der Waals surface area contributed by atoms with Gasteiger partial charge in [0.15, 0.2) is 0 Å². The summed E-state index contributed by atoms with van der Waals surface area (Å²) < 4.78 is 0.856. The Balaban J connectivity index is 1.46. The van der Waals surface area contributed by atoms with E-state index in [4.69, 9.17) is 0 Å². The minimum absolute atomic E-state index is 0.0636. The quantitative estimate of drug-likeness (QED) is 0.541. The molecule has 0 spiro atoms. The van der Waals surface area contributed by atoms with Gasteiger partial charge in [-0.05, 0) is 71.8 Å². The molecule has 1 fully saturated rings. The van der Waals surface area contributed by atoms with Crippen LogP contribution >= 0.6 is 22.6 Å². The first-order valence-corrected chi connectivity index (χ1v) is 10.4. The van der Waals surface area contributed by atoms with Gasteiger partial charge in [0.25, 0.3) is 5.91 Å². The second-order valence-electron chi connectivity index (χ2n) is 6.77. The van der Waals surface area contributed by atoms with Gasteiger partial charge in [0.1, 0.15) is 0 Å². The van der Waals surface area contributed by atoms with Gasteiger partial charge < -0.3 is 16.0 Å². The highest BCUT2D eigenvalue weighted by atomic mass is 127. The number of amides is 2. The van der Waals surface area contributed by atoms with Crippen LogP contribution in [0.1, 0.15) is 42.5 Å². The second kappa shape index (κ2) is 9.73. The number of carbonyl (C=O) groups is 2. The van der Waals surface area contributed by atoms with Crippen LogP contribution in [0.4, 0.5) is 11.4 Å². The third-order valence-corrected chi connectivity index (χ3v) is 5.61. The summed E-state index contributed by atoms with van der Waals surface area (Å²) in [7, 11) is 0. The van der Waals surface area contributed by atoms with Crippen LogP contribution < -0.4 is 16.0 Å². The van der Waals surface area contributed by atoms with E-state index in [2.05, 4.69) is 38.5 Å². The lowest BCUT2D eigenvalue weighted by Gasteiger charge is -2.23. The molecule has 1 aliphatic rings. The molecule has 2 aromatic rings. The van der Waals surface area contributed by atoms with Crippen molar-refractivity contribution in [2.75, 3.05) is 17.2 Å². The summed E-state index contributed by atoms with van der Waals surface area (Å²) >= 11 is 2.11. The normalized spacial score (nSPS) is 14.4. The Kier molecular flexibility index (Phi) is 7.09. The Morgan fingerprint density at radius 1 is 0.926 bits per heavy atom. The Morgan fingerprint density at radius 3 is 2.30 bits per heavy atom. The Labute approximate surface area is 173 Å². The number of benzene rings is 2. The van der Waals surface area contributed by atoms with E-state index in [0.717, 1.165) is 14.9 Å². The molecule has 6 heteroatoms. The van der Waals surface area contributed by atoms with Crippen molar-refractivity contribution in [2.45, 2.75) is 38.1 Å². The molecule has 27 heavy (non-hydrogen) atoms. The van der Waals surface area contributed by atoms with Crippen LogP contribution in [-0.2, 0) is 4.79 Å². The number of hydrogen-bond donors (Lipinski definition) is 3. The van der Waals surface area contributed by atoms with E-state index in [1.54, 1.807) is 12.1 Å². The predicted molar refractivity (Wildman–Crippen MR) is 117 cm³/mol. The second-order valence-corrected chi connectivity index (χ2v) is 7.93. The lowest BCUT2D eigenvalue weighted by atomic mass is 9.95. The molecule has 0 unspecified atom stereocenters. The Hall–Kier alpha value is -2.09. The number of halogens is 1. The summed E-state index contributed by atoms with van der Waals surface area (Å²) in [6.45, 7) is -0.0636. The van der Waals surface area contributed by atoms with Crippen molar-refractivity contribution in [2.24, 2.45) is 0 Å². The molecule has 2 amide bonds. The van der Waals surface area contributed by atoms with Gasteiger partial charge in [0.05, 0.1) is 12.1 Å². The Morgan fingerprint density at radius 2 is 1.59 bits per heavy atom. The fraction of sp³-hybridized carbons (Fsp3) is 0.333. The largest absolute Gasteiger partial charge is 0.382 e. The molecule has 3 rings (SSSR count). The van der Waals surface area contributed by atoms with Crippen LogP contribution in [0.3, 0.4) is 0 Å². The van der Waals surface area contributed by atoms with Gasteiger partial charge in [-0.1, -0.05) is 31.4 Å². The summed E-state index contributed by atoms with van der Waals surface area (Å²) in [6, 6.07) is 15.6. The molecule has 0 aliphatic heterocycles. The van der Waals surface area contributed by atoms with E-state index < -0.39 is 0 Å². The van der Waals surface area contributed by atoms with Gasteiger partial charge in [0, 0.05) is 21.0 Å². The van der Waals surface area contributed by atoms with Crippen LogP contribution in [0.2, 0.25) is 0 Å². The number of rotatable bonds is 6. The van der Waals surface area contributed by atoms with Crippen LogP contribution in [-0.4, -0.2) is 24.4 Å². The predicted octanol–water partition coefficient (Wildman–Crippen LogP) is 4.40. The zero-order valence-electron chi connectivity index (χ0n) is 15.1. The minimum Gasteiger partial charge on any atom is -0.382 e. The van der Waals surface area contributed by atoms with Crippen LogP contribution in [0.5, 0.6) is 0 Å². The van der Waals surface area contributed by atoms with E-state index in [1.807, 2.05) is 36.4 Å². The van der Waals surface area contributed by atoms with Crippen molar-refractivity contribution in [3.05, 3.63) is 57.7 Å². The summed E-state index contributed by atoms with van der Waals surface area (Å²) in [5.74, 6) is -0.496. The van der Waals surface area contributed by atoms with E-state index in [0.29, 0.717) is 11.6 Å². The highest BCUT2D eigenvalue weighted by molar-refractivity contribution is 14.1. The smallest absolute Gasteiger partial charge is 0.252 e. The highest BCUT2D eigenvalue weighted by Crippen LogP contribution is 2.22. The van der Waals surface area contributed by atoms with Crippen molar-refractivity contribution in [3.63, 3.8) is 0 Å². The number of carbonyl (C=O) groups excluding carboxylic acids is 2. The van der Waals surface area contributed by atoms with E-state index in [1.165, 1.54) is 32.1 Å². The molecule has 0 bridgehead atoms. The molecule has 5 nitrogen and oxygen atoms in total. The molecule has 0 aromatic heterocycles. The zero-order valence-corrected chi connectivity index (χ0v) is 17.3. The summed E-state index contributed by atoms with van der Waals surface area (Å²) in [4.78, 5) is 24.2. The molecule has 0 saturated heterocycles. The fourth-order valence-electron chi connectivity index (χ4n) is 3.24. The maximum atomic E-state index is 12.2. The van der Waals surface area contributed by atoms with Gasteiger partial charge in [0.2, 0.25) is 5.91 Å². The van der Waals surface area contributed by atoms with Crippen molar-refractivity contribution in [1.82, 2.24) is 5.32 Å². The van der Waals surface area contributed by atoms with Crippen LogP contribution in [0.25, 0.3) is 0 Å². The molecular formula is C21H24IN3O2. The van der Waals surface area contributed by atoms with Crippen molar-refractivity contribution in [3.8, 4) is 0 Å². The lowest BCUT2D eigenvalue weighted by molar-refractivity contribution is -0.115. The minimum atomic E-state index is -0.248. The zero-order chi connectivity index (χ0) is 19.1. The maximum absolute atomic E-state index is 12.2. The standard InChI is InChI=1S/C21H24IN3O2/c22-19-9-5-4-8-18(19)21(27)23-14-20(26)25-17-12-10-16(11-13-17)24-15-6-2-1-3-7-15/h4-5,8-13,15,24H,1-3,6-7,14H2,(H,23,27)(H,25,26). The van der Waals surface area contributed by atoms with Gasteiger partial charge in [-0.2, -0.15) is 0 Å². The average molecular weight is 477 g/mol. The molecule has 0 heterocycles. The van der Waals surface area contributed by atoms with Crippen molar-refractivity contribution >= 4 is 45.8 Å². The fourth-order valence-corrected chi connectivity index (χ4v) is 3.87. The first kappa shape index (κ1) is 19.7. The third-order valence-electron chi connectivity index (χ3n) is 4.67. The van der Waals surface area contributed by atoms with Crippen molar-refractivity contribution in [1.29, 1.82) is 0 Å². The molecule has 0 radical (unpaired) electrons. The number of anilines is 2. The molecule has 0 atom stereocenters. The van der Waals surface area contributed by atoms with Crippen LogP contribution in [0.15, 0.2) is 48.5 Å². The highest BCUT2D eigenvalue weighted by Gasteiger charge is 2.13. The summed E-state index contributed by atoms with van der Waals surface area (Å²) in [6.07, 6.45) is 6.36. The average Bonchev–Trinajstić information content (AvgIpc) is 2.69. The SMILES string of the molecule is O=C(CNC(=O)c1ccccc1I)Nc1ccc(NC2CCCCC2)cc1. The van der Waals surface area contributed by atoms with Crippen molar-refractivity contribution < 1.29 is 9.59 Å². The van der Waals surface area contributed by atoms with Gasteiger partial charge >= 0.3 is 0 Å². The topological polar surface area (TPSA) is 70.2 Å². The molecule has 3 N–H and O–H groups in total. The van der Waals surface area contributed by atoms with Gasteiger partial charge in [-0.3, -0.25) is 9.59 Å². The number of hydrogen-bond acceptors (Lipinski definition) is 3. The van der Waals surface area contributed by atoms with Crippen LogP contribution in [0, 0.1) is 3.57 Å². The monoisotopic (exact) mass is 477 g/mol. The number of nitrogens with one attached hydrogen (secondary N) is 3. The lowest BCUT2D eigenvalue weighted by Crippen LogP contribution is -2.33. The molecule has 1 aliphatic carbocycles. The first-order chi connectivity index (χ1) is 13.1. The maximum Gasteiger partial charge on any atom is 0.252 e. The van der Waals surface area contributed by atoms with Gasteiger partial charge in [-0.25, -0.2) is 0 Å². The first-order valence-electron chi connectivity index (χ1n) is 9.31. The third kappa shape index (κ3) is 5.95. The summed E-state index contributed by atoms with van der Waals surface area (Å²) in [5.41, 5.74) is 2.37. The molecule has 2 aromatic carbocycles. The molecular weight excluding hydrogens is 453 g/mol. The van der Waals surface area contributed by atoms with Gasteiger partial charge in [-0.15, -0.1) is 0 Å². The Bertz CT molecular complexity index is 786. The molecule has 1 saturated carbocycles. The molecule has 142 valence electrons.